The molecule has 0 spiro atoms. The number of aryl methyl sites for hydroxylation is 2. The zero-order valence-corrected chi connectivity index (χ0v) is 19.0. The summed E-state index contributed by atoms with van der Waals surface area (Å²) >= 11 is 3.05. The topological polar surface area (TPSA) is 60.3 Å². The van der Waals surface area contributed by atoms with Crippen molar-refractivity contribution < 1.29 is 14.3 Å². The molecule has 0 aliphatic heterocycles. The Kier molecular flexibility index (Phi) is 6.49. The van der Waals surface area contributed by atoms with Crippen molar-refractivity contribution in [3.05, 3.63) is 46.5 Å². The zero-order chi connectivity index (χ0) is 21.1. The summed E-state index contributed by atoms with van der Waals surface area (Å²) in [6, 6.07) is 8.29. The highest BCUT2D eigenvalue weighted by Gasteiger charge is 2.28. The number of hydrogen-bond acceptors (Lipinski definition) is 5. The summed E-state index contributed by atoms with van der Waals surface area (Å²) in [5.74, 6) is -0.134. The lowest BCUT2D eigenvalue weighted by molar-refractivity contribution is -0.113. The van der Waals surface area contributed by atoms with Gasteiger partial charge in [0.25, 0.3) is 0 Å². The van der Waals surface area contributed by atoms with E-state index in [2.05, 4.69) is 35.1 Å². The summed E-state index contributed by atoms with van der Waals surface area (Å²) in [6.45, 7) is 5.24. The Balaban J connectivity index is 1.49. The molecule has 2 aromatic heterocycles. The van der Waals surface area contributed by atoms with Crippen LogP contribution in [0.2, 0.25) is 0 Å². The molecular formula is C23H26N2O3S2. The molecule has 2 heterocycles. The predicted molar refractivity (Wildman–Crippen MR) is 124 cm³/mol. The molecule has 0 bridgehead atoms. The van der Waals surface area contributed by atoms with E-state index in [4.69, 9.17) is 4.74 Å². The highest BCUT2D eigenvalue weighted by molar-refractivity contribution is 8.00. The summed E-state index contributed by atoms with van der Waals surface area (Å²) in [4.78, 5) is 27.5. The third kappa shape index (κ3) is 4.14. The Morgan fingerprint density at radius 2 is 2.07 bits per heavy atom. The Hall–Kier alpha value is -2.25. The standard InChI is InChI=1S/C23H26N2O3S2/c1-3-12-25-13-19(15-8-5-6-10-17(15)25)29-14-20(26)24-22-21(23(27)28-4-2)16-9-7-11-18(16)30-22/h5-6,8,10,13H,3-4,7,9,11-12,14H2,1-2H3,(H,24,26). The fraction of sp³-hybridized carbons (Fsp3) is 0.391. The summed E-state index contributed by atoms with van der Waals surface area (Å²) in [5, 5.41) is 4.79. The van der Waals surface area contributed by atoms with Gasteiger partial charge in [0.1, 0.15) is 5.00 Å². The average Bonchev–Trinajstić information content (AvgIpc) is 3.40. The number of esters is 1. The zero-order valence-electron chi connectivity index (χ0n) is 17.3. The van der Waals surface area contributed by atoms with Crippen molar-refractivity contribution in [1.29, 1.82) is 0 Å². The number of rotatable bonds is 8. The molecule has 5 nitrogen and oxygen atoms in total. The number of thioether (sulfide) groups is 1. The minimum atomic E-state index is -0.331. The lowest BCUT2D eigenvalue weighted by Crippen LogP contribution is -2.16. The van der Waals surface area contributed by atoms with Crippen LogP contribution in [0, 0.1) is 0 Å². The largest absolute Gasteiger partial charge is 0.462 e. The molecular weight excluding hydrogens is 416 g/mol. The van der Waals surface area contributed by atoms with E-state index in [-0.39, 0.29) is 11.9 Å². The number of benzene rings is 1. The van der Waals surface area contributed by atoms with Gasteiger partial charge in [0.15, 0.2) is 0 Å². The number of aromatic nitrogens is 1. The van der Waals surface area contributed by atoms with Gasteiger partial charge >= 0.3 is 5.97 Å². The maximum atomic E-state index is 12.7. The average molecular weight is 443 g/mol. The molecule has 30 heavy (non-hydrogen) atoms. The normalized spacial score (nSPS) is 12.9. The van der Waals surface area contributed by atoms with Gasteiger partial charge in [-0.2, -0.15) is 0 Å². The Morgan fingerprint density at radius 1 is 1.23 bits per heavy atom. The molecule has 1 N–H and O–H groups in total. The van der Waals surface area contributed by atoms with Gasteiger partial charge in [-0.25, -0.2) is 4.79 Å². The van der Waals surface area contributed by atoms with Gasteiger partial charge in [-0.05, 0) is 44.2 Å². The second-order valence-electron chi connectivity index (χ2n) is 7.32. The van der Waals surface area contributed by atoms with Crippen molar-refractivity contribution in [3.63, 3.8) is 0 Å². The SMILES string of the molecule is CCCn1cc(SCC(=O)Nc2sc3c(c2C(=O)OCC)CCC3)c2ccccc21. The third-order valence-electron chi connectivity index (χ3n) is 5.23. The van der Waals surface area contributed by atoms with Crippen molar-refractivity contribution in [1.82, 2.24) is 4.57 Å². The van der Waals surface area contributed by atoms with Crippen LogP contribution in [0.15, 0.2) is 35.4 Å². The summed E-state index contributed by atoms with van der Waals surface area (Å²) < 4.78 is 7.49. The molecule has 1 amide bonds. The molecule has 0 atom stereocenters. The molecule has 1 aliphatic rings. The van der Waals surface area contributed by atoms with Gasteiger partial charge in [-0.1, -0.05) is 25.1 Å². The lowest BCUT2D eigenvalue weighted by Gasteiger charge is -2.08. The number of amides is 1. The number of hydrogen-bond donors (Lipinski definition) is 1. The van der Waals surface area contributed by atoms with Crippen molar-refractivity contribution in [2.24, 2.45) is 0 Å². The van der Waals surface area contributed by atoms with Crippen molar-refractivity contribution >= 4 is 50.9 Å². The van der Waals surface area contributed by atoms with E-state index >= 15 is 0 Å². The number of nitrogens with one attached hydrogen (secondary N) is 1. The quantitative estimate of drug-likeness (QED) is 0.369. The van der Waals surface area contributed by atoms with Gasteiger partial charge in [-0.3, -0.25) is 4.79 Å². The van der Waals surface area contributed by atoms with E-state index in [1.165, 1.54) is 38.9 Å². The van der Waals surface area contributed by atoms with Crippen LogP contribution in [0.5, 0.6) is 0 Å². The van der Waals surface area contributed by atoms with Crippen LogP contribution in [-0.2, 0) is 28.9 Å². The van der Waals surface area contributed by atoms with Crippen LogP contribution < -0.4 is 5.32 Å². The molecule has 4 rings (SSSR count). The summed E-state index contributed by atoms with van der Waals surface area (Å²) in [7, 11) is 0. The highest BCUT2D eigenvalue weighted by atomic mass is 32.2. The van der Waals surface area contributed by atoms with Crippen molar-refractivity contribution in [2.75, 3.05) is 17.7 Å². The molecule has 1 aromatic carbocycles. The number of carbonyl (C=O) groups excluding carboxylic acids is 2. The van der Waals surface area contributed by atoms with Crippen LogP contribution in [0.25, 0.3) is 10.9 Å². The Labute approximate surface area is 184 Å². The Bertz CT molecular complexity index is 1080. The minimum absolute atomic E-state index is 0.0993. The van der Waals surface area contributed by atoms with Crippen LogP contribution in [0.3, 0.4) is 0 Å². The predicted octanol–water partition coefficient (Wildman–Crippen LogP) is 5.51. The molecule has 7 heteroatoms. The first kappa shape index (κ1) is 21.0. The Morgan fingerprint density at radius 3 is 2.87 bits per heavy atom. The molecule has 0 saturated carbocycles. The number of para-hydroxylation sites is 1. The molecule has 1 aliphatic carbocycles. The van der Waals surface area contributed by atoms with E-state index < -0.39 is 0 Å². The monoisotopic (exact) mass is 442 g/mol. The maximum absolute atomic E-state index is 12.7. The van der Waals surface area contributed by atoms with Crippen molar-refractivity contribution in [3.8, 4) is 0 Å². The van der Waals surface area contributed by atoms with Gasteiger partial charge in [0.2, 0.25) is 5.91 Å². The van der Waals surface area contributed by atoms with E-state index in [0.29, 0.717) is 22.9 Å². The molecule has 158 valence electrons. The number of carbonyl (C=O) groups is 2. The second kappa shape index (κ2) is 9.27. The fourth-order valence-electron chi connectivity index (χ4n) is 3.97. The summed E-state index contributed by atoms with van der Waals surface area (Å²) in [6.07, 6.45) is 6.09. The molecule has 0 saturated heterocycles. The smallest absolute Gasteiger partial charge is 0.341 e. The van der Waals surface area contributed by atoms with Gasteiger partial charge in [0, 0.05) is 33.4 Å². The van der Waals surface area contributed by atoms with E-state index in [1.54, 1.807) is 6.92 Å². The molecule has 0 fully saturated rings. The van der Waals surface area contributed by atoms with E-state index in [1.807, 2.05) is 12.1 Å². The number of fused-ring (bicyclic) bond motifs is 2. The van der Waals surface area contributed by atoms with E-state index in [9.17, 15) is 9.59 Å². The van der Waals surface area contributed by atoms with Crippen LogP contribution >= 0.6 is 23.1 Å². The minimum Gasteiger partial charge on any atom is -0.462 e. The van der Waals surface area contributed by atoms with Gasteiger partial charge in [0.05, 0.1) is 17.9 Å². The van der Waals surface area contributed by atoms with Gasteiger partial charge < -0.3 is 14.6 Å². The number of ether oxygens (including phenoxy) is 1. The lowest BCUT2D eigenvalue weighted by atomic mass is 10.1. The highest BCUT2D eigenvalue weighted by Crippen LogP contribution is 2.39. The number of nitrogens with zero attached hydrogens (tertiary/aromatic N) is 1. The number of anilines is 1. The second-order valence-corrected chi connectivity index (χ2v) is 9.45. The first-order chi connectivity index (χ1) is 14.6. The maximum Gasteiger partial charge on any atom is 0.341 e. The molecule has 3 aromatic rings. The summed E-state index contributed by atoms with van der Waals surface area (Å²) in [5.41, 5.74) is 2.82. The van der Waals surface area contributed by atoms with Crippen LogP contribution in [-0.4, -0.2) is 28.8 Å². The van der Waals surface area contributed by atoms with Crippen molar-refractivity contribution in [2.45, 2.75) is 51.0 Å². The van der Waals surface area contributed by atoms with E-state index in [0.717, 1.165) is 42.7 Å². The van der Waals surface area contributed by atoms with Gasteiger partial charge in [-0.15, -0.1) is 23.1 Å². The molecule has 0 radical (unpaired) electrons. The van der Waals surface area contributed by atoms with Crippen LogP contribution in [0.4, 0.5) is 5.00 Å². The fourth-order valence-corrected chi connectivity index (χ4v) is 6.15. The first-order valence-corrected chi connectivity index (χ1v) is 12.2. The molecule has 0 unspecified atom stereocenters. The van der Waals surface area contributed by atoms with Crippen LogP contribution in [0.1, 0.15) is 47.5 Å². The number of thiophene rings is 1. The third-order valence-corrected chi connectivity index (χ3v) is 7.48. The first-order valence-electron chi connectivity index (χ1n) is 10.4.